The summed E-state index contributed by atoms with van der Waals surface area (Å²) in [5.74, 6) is 1.52. The molecule has 0 amide bonds. The molecule has 1 aromatic carbocycles. The van der Waals surface area contributed by atoms with Crippen LogP contribution in [0.15, 0.2) is 43.1 Å². The molecule has 1 aromatic heterocycles. The van der Waals surface area contributed by atoms with E-state index in [0.29, 0.717) is 18.7 Å². The smallest absolute Gasteiger partial charge is 0.190 e. The number of nitrogens with zero attached hydrogens (tertiary/aromatic N) is 3. The van der Waals surface area contributed by atoms with Gasteiger partial charge in [-0.05, 0) is 37.1 Å². The molecule has 0 unspecified atom stereocenters. The maximum absolute atomic E-state index is 12.6. The van der Waals surface area contributed by atoms with Gasteiger partial charge in [0.25, 0.3) is 0 Å². The zero-order valence-electron chi connectivity index (χ0n) is 18.1. The minimum atomic E-state index is -0.119. The van der Waals surface area contributed by atoms with E-state index >= 15 is 0 Å². The molecular formula is C23H33N3O3. The molecule has 1 atom stereocenters. The first-order valence-corrected chi connectivity index (χ1v) is 10.2. The van der Waals surface area contributed by atoms with Crippen LogP contribution in [0.25, 0.3) is 0 Å². The van der Waals surface area contributed by atoms with Crippen LogP contribution in [0.4, 0.5) is 5.82 Å². The fourth-order valence-corrected chi connectivity index (χ4v) is 3.38. The highest BCUT2D eigenvalue weighted by Crippen LogP contribution is 2.26. The summed E-state index contributed by atoms with van der Waals surface area (Å²) in [6.07, 6.45) is 6.31. The molecular weight excluding hydrogens is 366 g/mol. The van der Waals surface area contributed by atoms with Crippen LogP contribution in [-0.2, 0) is 11.3 Å². The molecule has 158 valence electrons. The first kappa shape index (κ1) is 22.7. The van der Waals surface area contributed by atoms with Gasteiger partial charge in [-0.25, -0.2) is 4.68 Å². The highest BCUT2D eigenvalue weighted by molar-refractivity contribution is 6.07. The van der Waals surface area contributed by atoms with Gasteiger partial charge in [-0.3, -0.25) is 4.79 Å². The maximum Gasteiger partial charge on any atom is 0.190 e. The van der Waals surface area contributed by atoms with Crippen molar-refractivity contribution in [2.24, 2.45) is 0 Å². The van der Waals surface area contributed by atoms with Crippen LogP contribution in [0, 0.1) is 0 Å². The summed E-state index contributed by atoms with van der Waals surface area (Å²) in [6.45, 7) is 9.93. The molecule has 6 nitrogen and oxygen atoms in total. The summed E-state index contributed by atoms with van der Waals surface area (Å²) in [4.78, 5) is 14.8. The van der Waals surface area contributed by atoms with Gasteiger partial charge in [0.2, 0.25) is 0 Å². The van der Waals surface area contributed by atoms with E-state index in [0.717, 1.165) is 42.9 Å². The van der Waals surface area contributed by atoms with Gasteiger partial charge in [0, 0.05) is 13.7 Å². The highest BCUT2D eigenvalue weighted by Gasteiger charge is 2.25. The third kappa shape index (κ3) is 5.94. The first-order valence-electron chi connectivity index (χ1n) is 10.2. The van der Waals surface area contributed by atoms with Crippen LogP contribution < -0.4 is 9.64 Å². The van der Waals surface area contributed by atoms with Gasteiger partial charge in [0.1, 0.15) is 11.6 Å². The lowest BCUT2D eigenvalue weighted by atomic mass is 10.1. The van der Waals surface area contributed by atoms with Crippen LogP contribution in [0.1, 0.15) is 49.0 Å². The second-order valence-electron chi connectivity index (χ2n) is 7.16. The van der Waals surface area contributed by atoms with Crippen LogP contribution in [0.5, 0.6) is 5.75 Å². The number of anilines is 1. The van der Waals surface area contributed by atoms with Gasteiger partial charge in [-0.15, -0.1) is 0 Å². The zero-order chi connectivity index (χ0) is 21.2. The Morgan fingerprint density at radius 1 is 1.28 bits per heavy atom. The molecule has 6 heteroatoms. The summed E-state index contributed by atoms with van der Waals surface area (Å²) in [5, 5.41) is 4.55. The standard InChI is InChI=1S/C23H33N3O3/c1-6-8-9-14-25(18(3)17-28-4)23-21(22(27)7-2)15-24-26(23)16-19-10-12-20(29-5)13-11-19/h7,10-13,15,18H,2,6,8-9,14,16-17H2,1,3-5H3/t18-/m0/s1. The molecule has 0 bridgehead atoms. The molecule has 0 radical (unpaired) electrons. The Bertz CT molecular complexity index is 783. The monoisotopic (exact) mass is 399 g/mol. The van der Waals surface area contributed by atoms with Crippen molar-refractivity contribution in [1.29, 1.82) is 0 Å². The summed E-state index contributed by atoms with van der Waals surface area (Å²) >= 11 is 0. The second-order valence-corrected chi connectivity index (χ2v) is 7.16. The number of carbonyl (C=O) groups excluding carboxylic acids is 1. The fourth-order valence-electron chi connectivity index (χ4n) is 3.38. The van der Waals surface area contributed by atoms with Crippen molar-refractivity contribution < 1.29 is 14.3 Å². The number of hydrogen-bond acceptors (Lipinski definition) is 5. The maximum atomic E-state index is 12.6. The Kier molecular flexibility index (Phi) is 8.93. The third-order valence-corrected chi connectivity index (χ3v) is 4.97. The molecule has 29 heavy (non-hydrogen) atoms. The lowest BCUT2D eigenvalue weighted by Gasteiger charge is -2.32. The Labute approximate surface area is 174 Å². The average molecular weight is 400 g/mol. The molecule has 2 rings (SSSR count). The molecule has 0 aliphatic carbocycles. The van der Waals surface area contributed by atoms with Crippen LogP contribution >= 0.6 is 0 Å². The SMILES string of the molecule is C=CC(=O)c1cnn(Cc2ccc(OC)cc2)c1N(CCCCC)[C@@H](C)COC. The van der Waals surface area contributed by atoms with E-state index in [4.69, 9.17) is 9.47 Å². The molecule has 1 heterocycles. The van der Waals surface area contributed by atoms with Crippen molar-refractivity contribution in [2.75, 3.05) is 32.3 Å². The number of unbranched alkanes of at least 4 members (excludes halogenated alkanes) is 2. The molecule has 0 aliphatic rings. The van der Waals surface area contributed by atoms with Crippen molar-refractivity contribution >= 4 is 11.6 Å². The molecule has 0 spiro atoms. The van der Waals surface area contributed by atoms with Crippen LogP contribution in [0.2, 0.25) is 0 Å². The number of methoxy groups -OCH3 is 2. The largest absolute Gasteiger partial charge is 0.497 e. The van der Waals surface area contributed by atoms with Crippen molar-refractivity contribution in [3.05, 3.63) is 54.2 Å². The lowest BCUT2D eigenvalue weighted by molar-refractivity contribution is 0.104. The normalized spacial score (nSPS) is 11.9. The Morgan fingerprint density at radius 2 is 2.00 bits per heavy atom. The minimum absolute atomic E-state index is 0.111. The topological polar surface area (TPSA) is 56.6 Å². The Hall–Kier alpha value is -2.60. The number of hydrogen-bond donors (Lipinski definition) is 0. The van der Waals surface area contributed by atoms with Crippen molar-refractivity contribution in [3.8, 4) is 5.75 Å². The van der Waals surface area contributed by atoms with Crippen molar-refractivity contribution in [3.63, 3.8) is 0 Å². The number of ketones is 1. The molecule has 0 N–H and O–H groups in total. The Balaban J connectivity index is 2.43. The minimum Gasteiger partial charge on any atom is -0.497 e. The fraction of sp³-hybridized carbons (Fsp3) is 0.478. The summed E-state index contributed by atoms with van der Waals surface area (Å²) in [5.41, 5.74) is 1.66. The summed E-state index contributed by atoms with van der Waals surface area (Å²) in [7, 11) is 3.35. The van der Waals surface area contributed by atoms with E-state index in [2.05, 4.69) is 30.4 Å². The number of rotatable bonds is 13. The van der Waals surface area contributed by atoms with E-state index < -0.39 is 0 Å². The highest BCUT2D eigenvalue weighted by atomic mass is 16.5. The predicted molar refractivity (Wildman–Crippen MR) is 117 cm³/mol. The quantitative estimate of drug-likeness (QED) is 0.285. The van der Waals surface area contributed by atoms with E-state index in [9.17, 15) is 4.79 Å². The summed E-state index contributed by atoms with van der Waals surface area (Å²) in [6, 6.07) is 8.00. The van der Waals surface area contributed by atoms with Gasteiger partial charge in [0.15, 0.2) is 5.78 Å². The number of carbonyl (C=O) groups is 1. The molecule has 0 aliphatic heterocycles. The number of allylic oxidation sites excluding steroid dienone is 1. The van der Waals surface area contributed by atoms with Crippen LogP contribution in [-0.4, -0.2) is 49.0 Å². The van der Waals surface area contributed by atoms with E-state index in [1.807, 2.05) is 28.9 Å². The number of ether oxygens (including phenoxy) is 2. The van der Waals surface area contributed by atoms with Gasteiger partial charge in [-0.2, -0.15) is 5.10 Å². The second kappa shape index (κ2) is 11.4. The van der Waals surface area contributed by atoms with Gasteiger partial charge >= 0.3 is 0 Å². The predicted octanol–water partition coefficient (Wildman–Crippen LogP) is 4.34. The van der Waals surface area contributed by atoms with E-state index in [-0.39, 0.29) is 11.8 Å². The third-order valence-electron chi connectivity index (χ3n) is 4.97. The van der Waals surface area contributed by atoms with Crippen molar-refractivity contribution in [2.45, 2.75) is 45.7 Å². The Morgan fingerprint density at radius 3 is 2.59 bits per heavy atom. The number of aromatic nitrogens is 2. The average Bonchev–Trinajstić information content (AvgIpc) is 3.14. The van der Waals surface area contributed by atoms with Crippen molar-refractivity contribution in [1.82, 2.24) is 9.78 Å². The molecule has 2 aromatic rings. The van der Waals surface area contributed by atoms with Gasteiger partial charge < -0.3 is 14.4 Å². The van der Waals surface area contributed by atoms with Gasteiger partial charge in [0.05, 0.1) is 38.1 Å². The van der Waals surface area contributed by atoms with E-state index in [1.165, 1.54) is 6.08 Å². The molecule has 0 saturated heterocycles. The van der Waals surface area contributed by atoms with Gasteiger partial charge in [-0.1, -0.05) is 38.5 Å². The molecule has 0 fully saturated rings. The molecule has 0 saturated carbocycles. The van der Waals surface area contributed by atoms with Crippen LogP contribution in [0.3, 0.4) is 0 Å². The zero-order valence-corrected chi connectivity index (χ0v) is 18.1. The van der Waals surface area contributed by atoms with E-state index in [1.54, 1.807) is 20.4 Å². The summed E-state index contributed by atoms with van der Waals surface area (Å²) < 4.78 is 12.6. The number of benzene rings is 1. The first-order chi connectivity index (χ1) is 14.0. The lowest BCUT2D eigenvalue weighted by Crippen LogP contribution is -2.39.